The van der Waals surface area contributed by atoms with Crippen molar-refractivity contribution in [1.29, 1.82) is 0 Å². The molecule has 1 rings (SSSR count). The Balaban J connectivity index is 2.88. The van der Waals surface area contributed by atoms with Crippen LogP contribution in [-0.4, -0.2) is 0 Å². The second kappa shape index (κ2) is 8.36. The molecule has 0 radical (unpaired) electrons. The zero-order valence-corrected chi connectivity index (χ0v) is 12.8. The topological polar surface area (TPSA) is 0 Å². The molecule has 0 spiro atoms. The summed E-state index contributed by atoms with van der Waals surface area (Å²) in [6, 6.07) is 10.2. The van der Waals surface area contributed by atoms with Crippen LogP contribution in [0.3, 0.4) is 0 Å². The standard InChI is InChI=1S/C16H19I/c1-3-8-15(16(17)9-4-2)13-12-14-10-6-5-7-11-14/h5-7,10-11H,3-4,8-9H2,1-2H3/b16-15-. The van der Waals surface area contributed by atoms with Gasteiger partial charge >= 0.3 is 0 Å². The van der Waals surface area contributed by atoms with Crippen LogP contribution in [0.4, 0.5) is 0 Å². The Morgan fingerprint density at radius 3 is 2.29 bits per heavy atom. The van der Waals surface area contributed by atoms with E-state index < -0.39 is 0 Å². The molecule has 1 aromatic carbocycles. The lowest BCUT2D eigenvalue weighted by Crippen LogP contribution is -1.84. The van der Waals surface area contributed by atoms with E-state index in [1.807, 2.05) is 18.2 Å². The van der Waals surface area contributed by atoms with Gasteiger partial charge in [0.15, 0.2) is 0 Å². The molecule has 0 unspecified atom stereocenters. The lowest BCUT2D eigenvalue weighted by molar-refractivity contribution is 0.896. The van der Waals surface area contributed by atoms with E-state index in [2.05, 4.69) is 60.4 Å². The van der Waals surface area contributed by atoms with Gasteiger partial charge in [0, 0.05) is 14.7 Å². The number of benzene rings is 1. The Hall–Kier alpha value is -0.750. The minimum Gasteiger partial charge on any atom is -0.0653 e. The quantitative estimate of drug-likeness (QED) is 0.514. The van der Waals surface area contributed by atoms with Crippen LogP contribution >= 0.6 is 22.6 Å². The number of hydrogen-bond donors (Lipinski definition) is 0. The lowest BCUT2D eigenvalue weighted by Gasteiger charge is -2.02. The molecular weight excluding hydrogens is 319 g/mol. The van der Waals surface area contributed by atoms with Crippen LogP contribution in [0.5, 0.6) is 0 Å². The maximum absolute atomic E-state index is 3.34. The van der Waals surface area contributed by atoms with Crippen molar-refractivity contribution in [3.63, 3.8) is 0 Å². The van der Waals surface area contributed by atoms with Crippen LogP contribution in [0.1, 0.15) is 45.1 Å². The molecule has 0 aliphatic heterocycles. The van der Waals surface area contributed by atoms with Gasteiger partial charge in [-0.15, -0.1) is 0 Å². The molecule has 0 N–H and O–H groups in total. The summed E-state index contributed by atoms with van der Waals surface area (Å²) in [4.78, 5) is 0. The van der Waals surface area contributed by atoms with E-state index >= 15 is 0 Å². The van der Waals surface area contributed by atoms with Crippen molar-refractivity contribution in [2.75, 3.05) is 0 Å². The summed E-state index contributed by atoms with van der Waals surface area (Å²) in [5.41, 5.74) is 2.42. The van der Waals surface area contributed by atoms with Gasteiger partial charge in [-0.2, -0.15) is 0 Å². The maximum atomic E-state index is 3.34. The van der Waals surface area contributed by atoms with E-state index in [0.717, 1.165) is 24.8 Å². The summed E-state index contributed by atoms with van der Waals surface area (Å²) in [7, 11) is 0. The normalized spacial score (nSPS) is 11.5. The molecule has 1 heteroatoms. The predicted octanol–water partition coefficient (Wildman–Crippen LogP) is 5.33. The molecule has 0 nitrogen and oxygen atoms in total. The van der Waals surface area contributed by atoms with Gasteiger partial charge in [-0.1, -0.05) is 56.7 Å². The van der Waals surface area contributed by atoms with Crippen molar-refractivity contribution in [2.24, 2.45) is 0 Å². The second-order valence-electron chi connectivity index (χ2n) is 4.00. The fraction of sp³-hybridized carbons (Fsp3) is 0.375. The van der Waals surface area contributed by atoms with Crippen LogP contribution in [0.25, 0.3) is 0 Å². The minimum atomic E-state index is 1.10. The van der Waals surface area contributed by atoms with Crippen LogP contribution < -0.4 is 0 Å². The molecule has 0 fully saturated rings. The molecule has 0 amide bonds. The van der Waals surface area contributed by atoms with Crippen molar-refractivity contribution >= 4 is 22.6 Å². The second-order valence-corrected chi connectivity index (χ2v) is 5.30. The van der Waals surface area contributed by atoms with E-state index in [-0.39, 0.29) is 0 Å². The Kier molecular flexibility index (Phi) is 7.04. The molecule has 0 saturated heterocycles. The summed E-state index contributed by atoms with van der Waals surface area (Å²) in [6.07, 6.45) is 4.60. The van der Waals surface area contributed by atoms with Crippen LogP contribution in [0.2, 0.25) is 0 Å². The highest BCUT2D eigenvalue weighted by atomic mass is 127. The number of rotatable bonds is 4. The van der Waals surface area contributed by atoms with Gasteiger partial charge in [-0.05, 0) is 47.6 Å². The van der Waals surface area contributed by atoms with E-state index in [4.69, 9.17) is 0 Å². The summed E-state index contributed by atoms with van der Waals surface area (Å²) < 4.78 is 1.43. The Labute approximate surface area is 119 Å². The van der Waals surface area contributed by atoms with Crippen molar-refractivity contribution in [3.8, 4) is 11.8 Å². The third-order valence-electron chi connectivity index (χ3n) is 2.43. The van der Waals surface area contributed by atoms with E-state index in [1.165, 1.54) is 15.6 Å². The summed E-state index contributed by atoms with van der Waals surface area (Å²) in [5.74, 6) is 6.60. The van der Waals surface area contributed by atoms with E-state index in [0.29, 0.717) is 0 Å². The first-order valence-electron chi connectivity index (χ1n) is 6.22. The molecule has 0 aromatic heterocycles. The van der Waals surface area contributed by atoms with Gasteiger partial charge < -0.3 is 0 Å². The first-order valence-corrected chi connectivity index (χ1v) is 7.30. The predicted molar refractivity (Wildman–Crippen MR) is 84.2 cm³/mol. The van der Waals surface area contributed by atoms with Gasteiger partial charge in [0.05, 0.1) is 0 Å². The molecular formula is C16H19I. The van der Waals surface area contributed by atoms with Crippen LogP contribution in [0.15, 0.2) is 39.5 Å². The highest BCUT2D eigenvalue weighted by Gasteiger charge is 1.99. The van der Waals surface area contributed by atoms with E-state index in [9.17, 15) is 0 Å². The average molecular weight is 338 g/mol. The van der Waals surface area contributed by atoms with Gasteiger partial charge in [0.2, 0.25) is 0 Å². The zero-order valence-electron chi connectivity index (χ0n) is 10.6. The number of halogens is 1. The molecule has 0 aliphatic rings. The number of hydrogen-bond acceptors (Lipinski definition) is 0. The third-order valence-corrected chi connectivity index (χ3v) is 3.62. The Morgan fingerprint density at radius 2 is 1.71 bits per heavy atom. The molecule has 1 aromatic rings. The zero-order chi connectivity index (χ0) is 12.5. The monoisotopic (exact) mass is 338 g/mol. The van der Waals surface area contributed by atoms with Gasteiger partial charge in [-0.25, -0.2) is 0 Å². The van der Waals surface area contributed by atoms with Gasteiger partial charge in [0.25, 0.3) is 0 Å². The molecule has 0 heterocycles. The van der Waals surface area contributed by atoms with E-state index in [1.54, 1.807) is 0 Å². The SMILES string of the molecule is CCC/C(I)=C(/C#Cc1ccccc1)CCC. The highest BCUT2D eigenvalue weighted by molar-refractivity contribution is 14.1. The number of allylic oxidation sites excluding steroid dienone is 2. The lowest BCUT2D eigenvalue weighted by atomic mass is 10.1. The van der Waals surface area contributed by atoms with Crippen LogP contribution in [-0.2, 0) is 0 Å². The average Bonchev–Trinajstić information content (AvgIpc) is 2.36. The van der Waals surface area contributed by atoms with Crippen molar-refractivity contribution in [3.05, 3.63) is 45.0 Å². The van der Waals surface area contributed by atoms with Gasteiger partial charge in [-0.3, -0.25) is 0 Å². The fourth-order valence-electron chi connectivity index (χ4n) is 1.56. The summed E-state index contributed by atoms with van der Waals surface area (Å²) in [5, 5.41) is 0. The minimum absolute atomic E-state index is 1.10. The smallest absolute Gasteiger partial charge is 0.0248 e. The summed E-state index contributed by atoms with van der Waals surface area (Å²) in [6.45, 7) is 4.42. The summed E-state index contributed by atoms with van der Waals surface area (Å²) >= 11 is 2.45. The third kappa shape index (κ3) is 5.41. The Bertz CT molecular complexity index is 418. The molecule has 90 valence electrons. The largest absolute Gasteiger partial charge is 0.0653 e. The molecule has 17 heavy (non-hydrogen) atoms. The molecule has 0 aliphatic carbocycles. The van der Waals surface area contributed by atoms with Crippen molar-refractivity contribution in [1.82, 2.24) is 0 Å². The Morgan fingerprint density at radius 1 is 1.06 bits per heavy atom. The first-order chi connectivity index (χ1) is 8.27. The first kappa shape index (κ1) is 14.3. The fourth-order valence-corrected chi connectivity index (χ4v) is 2.50. The maximum Gasteiger partial charge on any atom is 0.0248 e. The molecule has 0 bridgehead atoms. The van der Waals surface area contributed by atoms with Crippen molar-refractivity contribution in [2.45, 2.75) is 39.5 Å². The highest BCUT2D eigenvalue weighted by Crippen LogP contribution is 2.21. The molecule has 0 saturated carbocycles. The van der Waals surface area contributed by atoms with Gasteiger partial charge in [0.1, 0.15) is 0 Å². The van der Waals surface area contributed by atoms with Crippen molar-refractivity contribution < 1.29 is 0 Å². The molecule has 0 atom stereocenters. The van der Waals surface area contributed by atoms with Crippen LogP contribution in [0, 0.1) is 11.8 Å².